The van der Waals surface area contributed by atoms with Gasteiger partial charge in [0.15, 0.2) is 0 Å². The summed E-state index contributed by atoms with van der Waals surface area (Å²) in [6, 6.07) is 7.36. The van der Waals surface area contributed by atoms with E-state index >= 15 is 0 Å². The first-order chi connectivity index (χ1) is 10.2. The summed E-state index contributed by atoms with van der Waals surface area (Å²) in [6.07, 6.45) is 0.00878. The van der Waals surface area contributed by atoms with Crippen LogP contribution in [-0.4, -0.2) is 35.7 Å². The van der Waals surface area contributed by atoms with Crippen LogP contribution in [0.2, 0.25) is 0 Å². The van der Waals surface area contributed by atoms with Gasteiger partial charge >= 0.3 is 5.97 Å². The van der Waals surface area contributed by atoms with Gasteiger partial charge in [0.1, 0.15) is 10.8 Å². The van der Waals surface area contributed by atoms with E-state index in [0.29, 0.717) is 24.6 Å². The van der Waals surface area contributed by atoms with Crippen LogP contribution in [0.15, 0.2) is 24.3 Å². The van der Waals surface area contributed by atoms with Crippen molar-refractivity contribution < 1.29 is 9.90 Å². The smallest absolute Gasteiger partial charge is 0.307 e. The number of rotatable bonds is 9. The number of hydrogen-bond acceptors (Lipinski definition) is 6. The van der Waals surface area contributed by atoms with E-state index in [1.54, 1.807) is 12.1 Å². The molecule has 0 saturated carbocycles. The highest BCUT2D eigenvalue weighted by molar-refractivity contribution is 8.03. The number of aliphatic carboxylic acids is 1. The molecule has 1 aromatic rings. The standard InChI is InChI=1S/C14H15N3O2S2/c15-10-20-7-5-17(6-8-21-11-16)13-3-1-12(2-4-13)9-14(18)19/h1-4H,5-9H2,(H,18,19). The van der Waals surface area contributed by atoms with Gasteiger partial charge in [-0.1, -0.05) is 12.1 Å². The van der Waals surface area contributed by atoms with Crippen LogP contribution in [0.1, 0.15) is 5.56 Å². The molecule has 0 bridgehead atoms. The monoisotopic (exact) mass is 321 g/mol. The summed E-state index contributed by atoms with van der Waals surface area (Å²) >= 11 is 2.39. The minimum absolute atomic E-state index is 0.00878. The van der Waals surface area contributed by atoms with E-state index in [-0.39, 0.29) is 6.42 Å². The number of carboxylic acids is 1. The summed E-state index contributed by atoms with van der Waals surface area (Å²) in [6.45, 7) is 1.42. The van der Waals surface area contributed by atoms with Crippen molar-refractivity contribution in [2.24, 2.45) is 0 Å². The van der Waals surface area contributed by atoms with Gasteiger partial charge in [-0.15, -0.1) is 0 Å². The van der Waals surface area contributed by atoms with Crippen molar-refractivity contribution in [3.8, 4) is 10.8 Å². The molecule has 1 aromatic carbocycles. The summed E-state index contributed by atoms with van der Waals surface area (Å²) in [5, 5.41) is 30.0. The van der Waals surface area contributed by atoms with Crippen molar-refractivity contribution in [1.82, 2.24) is 0 Å². The molecule has 110 valence electrons. The highest BCUT2D eigenvalue weighted by Gasteiger charge is 2.07. The predicted octanol–water partition coefficient (Wildman–Crippen LogP) is 2.55. The maximum absolute atomic E-state index is 10.7. The molecule has 0 aliphatic carbocycles. The molecule has 0 unspecified atom stereocenters. The van der Waals surface area contributed by atoms with Gasteiger partial charge < -0.3 is 10.0 Å². The lowest BCUT2D eigenvalue weighted by atomic mass is 10.1. The molecule has 0 atom stereocenters. The minimum atomic E-state index is -0.851. The third kappa shape index (κ3) is 6.94. The zero-order valence-corrected chi connectivity index (χ0v) is 13.0. The first kappa shape index (κ1) is 17.2. The van der Waals surface area contributed by atoms with Crippen LogP contribution in [0.5, 0.6) is 0 Å². The van der Waals surface area contributed by atoms with Crippen LogP contribution >= 0.6 is 23.5 Å². The summed E-state index contributed by atoms with van der Waals surface area (Å²) in [7, 11) is 0. The Labute approximate surface area is 132 Å². The third-order valence-electron chi connectivity index (χ3n) is 2.71. The number of hydrogen-bond donors (Lipinski definition) is 1. The second-order valence-electron chi connectivity index (χ2n) is 4.10. The number of thioether (sulfide) groups is 2. The minimum Gasteiger partial charge on any atom is -0.481 e. The van der Waals surface area contributed by atoms with Gasteiger partial charge in [0, 0.05) is 30.3 Å². The Hall–Kier alpha value is -1.83. The Morgan fingerprint density at radius 2 is 1.62 bits per heavy atom. The van der Waals surface area contributed by atoms with Crippen molar-refractivity contribution in [1.29, 1.82) is 10.5 Å². The van der Waals surface area contributed by atoms with E-state index in [0.717, 1.165) is 11.3 Å². The quantitative estimate of drug-likeness (QED) is 0.552. The molecule has 5 nitrogen and oxygen atoms in total. The average molecular weight is 321 g/mol. The Bertz CT molecular complexity index is 515. The molecule has 21 heavy (non-hydrogen) atoms. The Morgan fingerprint density at radius 3 is 2.05 bits per heavy atom. The lowest BCUT2D eigenvalue weighted by Crippen LogP contribution is -2.28. The highest BCUT2D eigenvalue weighted by atomic mass is 32.2. The molecule has 0 heterocycles. The van der Waals surface area contributed by atoms with Gasteiger partial charge in [0.25, 0.3) is 0 Å². The first-order valence-corrected chi connectivity index (χ1v) is 8.22. The van der Waals surface area contributed by atoms with E-state index in [4.69, 9.17) is 15.6 Å². The molecule has 0 aromatic heterocycles. The number of benzene rings is 1. The summed E-state index contributed by atoms with van der Waals surface area (Å²) < 4.78 is 0. The van der Waals surface area contributed by atoms with Gasteiger partial charge in [-0.2, -0.15) is 10.5 Å². The summed E-state index contributed by atoms with van der Waals surface area (Å²) in [4.78, 5) is 12.8. The van der Waals surface area contributed by atoms with Crippen LogP contribution in [0.4, 0.5) is 5.69 Å². The summed E-state index contributed by atoms with van der Waals surface area (Å²) in [5.41, 5.74) is 1.73. The van der Waals surface area contributed by atoms with Crippen molar-refractivity contribution in [3.05, 3.63) is 29.8 Å². The van der Waals surface area contributed by atoms with Gasteiger partial charge in [0.2, 0.25) is 0 Å². The predicted molar refractivity (Wildman–Crippen MR) is 86.1 cm³/mol. The average Bonchev–Trinajstić information content (AvgIpc) is 2.46. The van der Waals surface area contributed by atoms with Crippen LogP contribution in [0.3, 0.4) is 0 Å². The maximum Gasteiger partial charge on any atom is 0.307 e. The third-order valence-corrected chi connectivity index (χ3v) is 3.74. The Morgan fingerprint density at radius 1 is 1.10 bits per heavy atom. The van der Waals surface area contributed by atoms with Crippen LogP contribution in [0, 0.1) is 21.3 Å². The molecule has 0 radical (unpaired) electrons. The fourth-order valence-corrected chi connectivity index (χ4v) is 2.58. The highest BCUT2D eigenvalue weighted by Crippen LogP contribution is 2.17. The largest absolute Gasteiger partial charge is 0.481 e. The number of carbonyl (C=O) groups is 1. The van der Waals surface area contributed by atoms with Gasteiger partial charge in [0.05, 0.1) is 6.42 Å². The lowest BCUT2D eigenvalue weighted by Gasteiger charge is -2.24. The molecule has 0 saturated heterocycles. The van der Waals surface area contributed by atoms with Crippen molar-refractivity contribution >= 4 is 35.2 Å². The zero-order valence-electron chi connectivity index (χ0n) is 11.4. The molecule has 0 aliphatic heterocycles. The fourth-order valence-electron chi connectivity index (χ4n) is 1.77. The Balaban J connectivity index is 2.69. The SMILES string of the molecule is N#CSCCN(CCSC#N)c1ccc(CC(=O)O)cc1. The summed E-state index contributed by atoms with van der Waals surface area (Å²) in [5.74, 6) is 0.519. The van der Waals surface area contributed by atoms with E-state index in [9.17, 15) is 4.79 Å². The van der Waals surface area contributed by atoms with E-state index in [1.165, 1.54) is 23.5 Å². The lowest BCUT2D eigenvalue weighted by molar-refractivity contribution is -0.136. The second-order valence-corrected chi connectivity index (χ2v) is 5.86. The number of anilines is 1. The van der Waals surface area contributed by atoms with E-state index in [1.807, 2.05) is 22.9 Å². The fraction of sp³-hybridized carbons (Fsp3) is 0.357. The topological polar surface area (TPSA) is 88.1 Å². The zero-order chi connectivity index (χ0) is 15.5. The normalized spacial score (nSPS) is 9.62. The first-order valence-electron chi connectivity index (χ1n) is 6.25. The molecular formula is C14H15N3O2S2. The van der Waals surface area contributed by atoms with Crippen molar-refractivity contribution in [3.63, 3.8) is 0 Å². The van der Waals surface area contributed by atoms with Crippen LogP contribution < -0.4 is 4.90 Å². The number of nitriles is 2. The molecule has 1 N–H and O–H groups in total. The molecule has 0 fully saturated rings. The van der Waals surface area contributed by atoms with Gasteiger partial charge in [-0.25, -0.2) is 0 Å². The van der Waals surface area contributed by atoms with Crippen LogP contribution in [0.25, 0.3) is 0 Å². The molecule has 7 heteroatoms. The molecular weight excluding hydrogens is 306 g/mol. The van der Waals surface area contributed by atoms with Crippen molar-refractivity contribution in [2.45, 2.75) is 6.42 Å². The van der Waals surface area contributed by atoms with Crippen molar-refractivity contribution in [2.75, 3.05) is 29.5 Å². The van der Waals surface area contributed by atoms with Gasteiger partial charge in [-0.05, 0) is 41.2 Å². The van der Waals surface area contributed by atoms with E-state index < -0.39 is 5.97 Å². The number of thiocyanates is 2. The molecule has 0 aliphatic rings. The second kappa shape index (κ2) is 9.98. The Kier molecular flexibility index (Phi) is 8.18. The van der Waals surface area contributed by atoms with Gasteiger partial charge in [-0.3, -0.25) is 4.79 Å². The molecule has 1 rings (SSSR count). The number of carboxylic acid groups (broad SMARTS) is 1. The van der Waals surface area contributed by atoms with E-state index in [2.05, 4.69) is 4.90 Å². The number of nitrogens with zero attached hydrogens (tertiary/aromatic N) is 3. The molecule has 0 amide bonds. The van der Waals surface area contributed by atoms with Crippen LogP contribution in [-0.2, 0) is 11.2 Å². The maximum atomic E-state index is 10.7. The molecule has 0 spiro atoms.